The Hall–Kier alpha value is -1.72. The van der Waals surface area contributed by atoms with Crippen LogP contribution in [-0.4, -0.2) is 10.9 Å². The van der Waals surface area contributed by atoms with Crippen LogP contribution in [-0.2, 0) is 4.79 Å². The average molecular weight is 233 g/mol. The largest absolute Gasteiger partial charge is 0.316 e. The number of nitrogens with two attached hydrogens (primary N) is 1. The summed E-state index contributed by atoms with van der Waals surface area (Å²) < 4.78 is 0. The van der Waals surface area contributed by atoms with E-state index in [9.17, 15) is 4.79 Å². The molecule has 0 fully saturated rings. The lowest BCUT2D eigenvalue weighted by Gasteiger charge is -2.10. The molecular weight excluding hydrogens is 222 g/mol. The van der Waals surface area contributed by atoms with E-state index in [0.717, 1.165) is 5.56 Å². The lowest BCUT2D eigenvalue weighted by Crippen LogP contribution is -2.27. The van der Waals surface area contributed by atoms with Gasteiger partial charge in [-0.05, 0) is 5.56 Å². The van der Waals surface area contributed by atoms with E-state index in [4.69, 9.17) is 5.73 Å². The summed E-state index contributed by atoms with van der Waals surface area (Å²) in [7, 11) is 0. The second-order valence-electron chi connectivity index (χ2n) is 3.21. The van der Waals surface area contributed by atoms with Gasteiger partial charge in [0.1, 0.15) is 6.04 Å². The highest BCUT2D eigenvalue weighted by Gasteiger charge is 2.15. The van der Waals surface area contributed by atoms with Gasteiger partial charge in [-0.25, -0.2) is 4.98 Å². The fourth-order valence-electron chi connectivity index (χ4n) is 1.28. The van der Waals surface area contributed by atoms with E-state index in [1.807, 2.05) is 30.3 Å². The molecule has 0 radical (unpaired) electrons. The zero-order valence-electron chi connectivity index (χ0n) is 8.46. The third-order valence-corrected chi connectivity index (χ3v) is 2.79. The monoisotopic (exact) mass is 233 g/mol. The number of carbonyl (C=O) groups excluding carboxylic acids is 1. The lowest BCUT2D eigenvalue weighted by molar-refractivity contribution is -0.117. The van der Waals surface area contributed by atoms with E-state index in [0.29, 0.717) is 5.13 Å². The van der Waals surface area contributed by atoms with E-state index >= 15 is 0 Å². The Bertz CT molecular complexity index is 455. The Morgan fingerprint density at radius 2 is 2.12 bits per heavy atom. The molecule has 0 saturated heterocycles. The van der Waals surface area contributed by atoms with Crippen LogP contribution in [0, 0.1) is 0 Å². The number of thiazole rings is 1. The van der Waals surface area contributed by atoms with Crippen LogP contribution in [0.1, 0.15) is 11.6 Å². The molecule has 0 spiro atoms. The van der Waals surface area contributed by atoms with E-state index in [-0.39, 0.29) is 5.91 Å². The Kier molecular flexibility index (Phi) is 3.28. The highest BCUT2D eigenvalue weighted by Crippen LogP contribution is 2.15. The molecule has 0 aliphatic rings. The van der Waals surface area contributed by atoms with Gasteiger partial charge < -0.3 is 11.1 Å². The standard InChI is InChI=1S/C11H11N3OS/c12-9(8-4-2-1-3-5-8)10(15)14-11-13-6-7-16-11/h1-7,9H,12H2,(H,13,14,15)/t9-/m0/s1. The van der Waals surface area contributed by atoms with Crippen LogP contribution in [0.4, 0.5) is 5.13 Å². The minimum atomic E-state index is -0.662. The van der Waals surface area contributed by atoms with Crippen LogP contribution in [0.3, 0.4) is 0 Å². The van der Waals surface area contributed by atoms with E-state index in [1.54, 1.807) is 11.6 Å². The van der Waals surface area contributed by atoms with Gasteiger partial charge in [0.2, 0.25) is 5.91 Å². The summed E-state index contributed by atoms with van der Waals surface area (Å²) in [5.74, 6) is -0.249. The number of aromatic nitrogens is 1. The Balaban J connectivity index is 2.05. The van der Waals surface area contributed by atoms with Crippen molar-refractivity contribution >= 4 is 22.4 Å². The lowest BCUT2D eigenvalue weighted by atomic mass is 10.1. The molecule has 2 rings (SSSR count). The second-order valence-corrected chi connectivity index (χ2v) is 4.11. The molecule has 1 atom stereocenters. The quantitative estimate of drug-likeness (QED) is 0.849. The van der Waals surface area contributed by atoms with Crippen LogP contribution in [0.25, 0.3) is 0 Å². The minimum absolute atomic E-state index is 0.249. The maximum Gasteiger partial charge on any atom is 0.247 e. The molecule has 1 amide bonds. The van der Waals surface area contributed by atoms with Gasteiger partial charge >= 0.3 is 0 Å². The molecule has 2 aromatic rings. The summed E-state index contributed by atoms with van der Waals surface area (Å²) in [5, 5.41) is 5.03. The van der Waals surface area contributed by atoms with Crippen LogP contribution < -0.4 is 11.1 Å². The molecule has 0 bridgehead atoms. The Morgan fingerprint density at radius 1 is 1.38 bits per heavy atom. The van der Waals surface area contributed by atoms with Gasteiger partial charge in [-0.1, -0.05) is 30.3 Å². The molecule has 0 aliphatic carbocycles. The van der Waals surface area contributed by atoms with Crippen molar-refractivity contribution in [3.63, 3.8) is 0 Å². The zero-order valence-corrected chi connectivity index (χ0v) is 9.28. The number of nitrogens with one attached hydrogen (secondary N) is 1. The first-order chi connectivity index (χ1) is 7.77. The van der Waals surface area contributed by atoms with Crippen molar-refractivity contribution in [1.82, 2.24) is 4.98 Å². The second kappa shape index (κ2) is 4.87. The number of anilines is 1. The number of hydrogen-bond acceptors (Lipinski definition) is 4. The molecule has 0 unspecified atom stereocenters. The molecule has 16 heavy (non-hydrogen) atoms. The molecule has 4 nitrogen and oxygen atoms in total. The van der Waals surface area contributed by atoms with Gasteiger partial charge in [-0.2, -0.15) is 0 Å². The summed E-state index contributed by atoms with van der Waals surface area (Å²) in [6.07, 6.45) is 1.63. The summed E-state index contributed by atoms with van der Waals surface area (Å²) >= 11 is 1.37. The van der Waals surface area contributed by atoms with Crippen LogP contribution in [0.5, 0.6) is 0 Å². The first-order valence-electron chi connectivity index (χ1n) is 4.78. The molecule has 3 N–H and O–H groups in total. The maximum atomic E-state index is 11.7. The molecule has 1 heterocycles. The highest BCUT2D eigenvalue weighted by molar-refractivity contribution is 7.13. The van der Waals surface area contributed by atoms with E-state index in [1.165, 1.54) is 11.3 Å². The first kappa shape index (κ1) is 10.8. The maximum absolute atomic E-state index is 11.7. The molecule has 0 aliphatic heterocycles. The number of hydrogen-bond donors (Lipinski definition) is 2. The predicted octanol–water partition coefficient (Wildman–Crippen LogP) is 1.78. The van der Waals surface area contributed by atoms with Crippen molar-refractivity contribution in [2.24, 2.45) is 5.73 Å². The van der Waals surface area contributed by atoms with Gasteiger partial charge in [0.25, 0.3) is 0 Å². The molecule has 0 saturated carbocycles. The highest BCUT2D eigenvalue weighted by atomic mass is 32.1. The number of rotatable bonds is 3. The van der Waals surface area contributed by atoms with Crippen molar-refractivity contribution in [3.05, 3.63) is 47.5 Å². The summed E-state index contributed by atoms with van der Waals surface area (Å²) in [4.78, 5) is 15.7. The fourth-order valence-corrected chi connectivity index (χ4v) is 1.81. The number of nitrogens with zero attached hydrogens (tertiary/aromatic N) is 1. The summed E-state index contributed by atoms with van der Waals surface area (Å²) in [5.41, 5.74) is 6.61. The molecule has 82 valence electrons. The smallest absolute Gasteiger partial charge is 0.247 e. The summed E-state index contributed by atoms with van der Waals surface area (Å²) in [6.45, 7) is 0. The van der Waals surface area contributed by atoms with Crippen molar-refractivity contribution in [3.8, 4) is 0 Å². The Labute approximate surface area is 97.1 Å². The van der Waals surface area contributed by atoms with Crippen molar-refractivity contribution in [1.29, 1.82) is 0 Å². The van der Waals surface area contributed by atoms with E-state index < -0.39 is 6.04 Å². The molecule has 1 aromatic carbocycles. The van der Waals surface area contributed by atoms with Crippen molar-refractivity contribution < 1.29 is 4.79 Å². The van der Waals surface area contributed by atoms with E-state index in [2.05, 4.69) is 10.3 Å². The molecule has 1 aromatic heterocycles. The van der Waals surface area contributed by atoms with Gasteiger partial charge in [0.15, 0.2) is 5.13 Å². The van der Waals surface area contributed by atoms with Crippen LogP contribution >= 0.6 is 11.3 Å². The number of amides is 1. The third-order valence-electron chi connectivity index (χ3n) is 2.10. The molecule has 5 heteroatoms. The Morgan fingerprint density at radius 3 is 2.75 bits per heavy atom. The first-order valence-corrected chi connectivity index (χ1v) is 5.66. The fraction of sp³-hybridized carbons (Fsp3) is 0.0909. The third kappa shape index (κ3) is 2.44. The van der Waals surface area contributed by atoms with Gasteiger partial charge in [0, 0.05) is 11.6 Å². The average Bonchev–Trinajstić information content (AvgIpc) is 2.82. The van der Waals surface area contributed by atoms with Crippen molar-refractivity contribution in [2.45, 2.75) is 6.04 Å². The van der Waals surface area contributed by atoms with Crippen molar-refractivity contribution in [2.75, 3.05) is 5.32 Å². The topological polar surface area (TPSA) is 68.0 Å². The SMILES string of the molecule is N[C@H](C(=O)Nc1nccs1)c1ccccc1. The zero-order chi connectivity index (χ0) is 11.4. The van der Waals surface area contributed by atoms with Crippen LogP contribution in [0.15, 0.2) is 41.9 Å². The summed E-state index contributed by atoms with van der Waals surface area (Å²) in [6, 6.07) is 8.58. The predicted molar refractivity (Wildman–Crippen MR) is 64.1 cm³/mol. The minimum Gasteiger partial charge on any atom is -0.316 e. The normalized spacial score (nSPS) is 12.1. The van der Waals surface area contributed by atoms with Gasteiger partial charge in [0.05, 0.1) is 0 Å². The molecular formula is C11H11N3OS. The number of carbonyl (C=O) groups is 1. The number of benzene rings is 1. The van der Waals surface area contributed by atoms with Crippen LogP contribution in [0.2, 0.25) is 0 Å². The van der Waals surface area contributed by atoms with Gasteiger partial charge in [-0.3, -0.25) is 4.79 Å². The van der Waals surface area contributed by atoms with Gasteiger partial charge in [-0.15, -0.1) is 11.3 Å².